The number of hydrogen-bond acceptors (Lipinski definition) is 4. The highest BCUT2D eigenvalue weighted by molar-refractivity contribution is 5.74. The van der Waals surface area contributed by atoms with Crippen LogP contribution < -0.4 is 10.9 Å². The van der Waals surface area contributed by atoms with Crippen LogP contribution in [0.3, 0.4) is 0 Å². The summed E-state index contributed by atoms with van der Waals surface area (Å²) in [6.07, 6.45) is 8.97. The molecule has 0 bridgehead atoms. The van der Waals surface area contributed by atoms with Gasteiger partial charge in [0.25, 0.3) is 0 Å². The molecule has 24 heavy (non-hydrogen) atoms. The Labute approximate surface area is 143 Å². The second-order valence-electron chi connectivity index (χ2n) is 7.07. The van der Waals surface area contributed by atoms with Gasteiger partial charge in [-0.25, -0.2) is 0 Å². The molecule has 0 spiro atoms. The molecule has 0 amide bonds. The second-order valence-corrected chi connectivity index (χ2v) is 7.07. The highest BCUT2D eigenvalue weighted by atomic mass is 16.4. The lowest BCUT2D eigenvalue weighted by molar-refractivity contribution is 0.255. The van der Waals surface area contributed by atoms with Crippen LogP contribution in [0.2, 0.25) is 0 Å². The van der Waals surface area contributed by atoms with Gasteiger partial charge in [0.1, 0.15) is 5.52 Å². The monoisotopic (exact) mass is 323 g/mol. The van der Waals surface area contributed by atoms with Crippen LogP contribution in [0, 0.1) is 11.3 Å². The van der Waals surface area contributed by atoms with E-state index in [2.05, 4.69) is 55.3 Å². The summed E-state index contributed by atoms with van der Waals surface area (Å²) in [5.41, 5.74) is 10.1. The molecule has 1 aliphatic carbocycles. The Morgan fingerprint density at radius 2 is 2.17 bits per heavy atom. The highest BCUT2D eigenvalue weighted by Crippen LogP contribution is 2.41. The molecule has 4 heteroatoms. The third kappa shape index (κ3) is 3.53. The Balaban J connectivity index is 1.61. The van der Waals surface area contributed by atoms with Crippen molar-refractivity contribution in [3.05, 3.63) is 60.3 Å². The standard InChI is InChI=1S/C20H25N3O/c1-14-8-7-13-20(3,4)16(14)12-11-15(2)22-23-19-21-17-9-5-6-10-18(17)24-19/h5-6,8-12,16,22H,2,7,13H2,1,3-4H3,(H,21,23)/b12-11+/t16-/m0/s1. The molecule has 1 aromatic heterocycles. The Morgan fingerprint density at radius 1 is 1.38 bits per heavy atom. The summed E-state index contributed by atoms with van der Waals surface area (Å²) in [6.45, 7) is 10.9. The number of oxazole rings is 1. The zero-order chi connectivity index (χ0) is 17.2. The Kier molecular flexibility index (Phi) is 4.47. The molecule has 3 rings (SSSR count). The van der Waals surface area contributed by atoms with E-state index in [0.717, 1.165) is 16.8 Å². The van der Waals surface area contributed by atoms with Gasteiger partial charge in [0, 0.05) is 11.6 Å². The summed E-state index contributed by atoms with van der Waals surface area (Å²) in [5.74, 6) is 0.439. The van der Waals surface area contributed by atoms with Crippen LogP contribution >= 0.6 is 0 Å². The number of hydrogen-bond donors (Lipinski definition) is 2. The van der Waals surface area contributed by atoms with Crippen molar-refractivity contribution in [3.8, 4) is 0 Å². The molecule has 0 unspecified atom stereocenters. The maximum atomic E-state index is 5.60. The van der Waals surface area contributed by atoms with Gasteiger partial charge in [-0.2, -0.15) is 4.98 Å². The van der Waals surface area contributed by atoms with Crippen molar-refractivity contribution in [2.75, 3.05) is 5.43 Å². The normalized spacial score (nSPS) is 20.1. The van der Waals surface area contributed by atoms with Crippen LogP contribution in [0.25, 0.3) is 11.1 Å². The van der Waals surface area contributed by atoms with E-state index in [1.165, 1.54) is 18.4 Å². The van der Waals surface area contributed by atoms with Crippen LogP contribution in [0.1, 0.15) is 33.6 Å². The predicted octanol–water partition coefficient (Wildman–Crippen LogP) is 5.20. The van der Waals surface area contributed by atoms with Crippen LogP contribution in [0.4, 0.5) is 6.01 Å². The van der Waals surface area contributed by atoms with Crippen molar-refractivity contribution in [2.45, 2.75) is 33.6 Å². The Hall–Kier alpha value is -2.49. The lowest BCUT2D eigenvalue weighted by Crippen LogP contribution is -2.26. The van der Waals surface area contributed by atoms with Crippen molar-refractivity contribution in [1.82, 2.24) is 10.4 Å². The molecule has 2 aromatic rings. The SMILES string of the molecule is C=C(/C=C/[C@H]1C(C)=CCCC1(C)C)NNc1nc2ccccc2o1. The average molecular weight is 323 g/mol. The van der Waals surface area contributed by atoms with E-state index in [4.69, 9.17) is 4.42 Å². The lowest BCUT2D eigenvalue weighted by atomic mass is 9.68. The second kappa shape index (κ2) is 6.56. The van der Waals surface area contributed by atoms with Gasteiger partial charge in [-0.3, -0.25) is 10.9 Å². The van der Waals surface area contributed by atoms with Gasteiger partial charge in [0.05, 0.1) is 0 Å². The molecule has 1 aliphatic rings. The first-order valence-corrected chi connectivity index (χ1v) is 8.37. The fourth-order valence-corrected chi connectivity index (χ4v) is 3.30. The van der Waals surface area contributed by atoms with Crippen LogP contribution in [-0.4, -0.2) is 4.98 Å². The topological polar surface area (TPSA) is 50.1 Å². The fourth-order valence-electron chi connectivity index (χ4n) is 3.30. The quantitative estimate of drug-likeness (QED) is 0.451. The first kappa shape index (κ1) is 16.4. The average Bonchev–Trinajstić information content (AvgIpc) is 2.94. The number of nitrogens with zero attached hydrogens (tertiary/aromatic N) is 1. The van der Waals surface area contributed by atoms with E-state index in [9.17, 15) is 0 Å². The number of fused-ring (bicyclic) bond motifs is 1. The minimum absolute atomic E-state index is 0.281. The third-order valence-electron chi connectivity index (χ3n) is 4.70. The van der Waals surface area contributed by atoms with Gasteiger partial charge in [0.2, 0.25) is 0 Å². The first-order chi connectivity index (χ1) is 11.5. The van der Waals surface area contributed by atoms with E-state index < -0.39 is 0 Å². The van der Waals surface area contributed by atoms with Gasteiger partial charge in [-0.05, 0) is 43.4 Å². The first-order valence-electron chi connectivity index (χ1n) is 8.37. The fraction of sp³-hybridized carbons (Fsp3) is 0.350. The zero-order valence-corrected chi connectivity index (χ0v) is 14.6. The molecule has 126 valence electrons. The molecule has 0 fully saturated rings. The van der Waals surface area contributed by atoms with E-state index >= 15 is 0 Å². The van der Waals surface area contributed by atoms with Crippen molar-refractivity contribution in [3.63, 3.8) is 0 Å². The maximum Gasteiger partial charge on any atom is 0.314 e. The number of anilines is 1. The van der Waals surface area contributed by atoms with Gasteiger partial charge >= 0.3 is 6.01 Å². The molecule has 0 radical (unpaired) electrons. The number of aromatic nitrogens is 1. The summed E-state index contributed by atoms with van der Waals surface area (Å²) in [5, 5.41) is 0. The van der Waals surface area contributed by atoms with Crippen molar-refractivity contribution >= 4 is 17.1 Å². The summed E-state index contributed by atoms with van der Waals surface area (Å²) < 4.78 is 5.60. The maximum absolute atomic E-state index is 5.60. The van der Waals surface area contributed by atoms with E-state index in [1.807, 2.05) is 30.3 Å². The molecular weight excluding hydrogens is 298 g/mol. The van der Waals surface area contributed by atoms with Gasteiger partial charge < -0.3 is 4.42 Å². The molecule has 0 saturated heterocycles. The number of rotatable bonds is 5. The molecule has 4 nitrogen and oxygen atoms in total. The largest absolute Gasteiger partial charge is 0.422 e. The molecule has 0 saturated carbocycles. The molecule has 1 atom stereocenters. The number of benzene rings is 1. The molecule has 2 N–H and O–H groups in total. The van der Waals surface area contributed by atoms with E-state index in [1.54, 1.807) is 0 Å². The predicted molar refractivity (Wildman–Crippen MR) is 99.3 cm³/mol. The zero-order valence-electron chi connectivity index (χ0n) is 14.6. The summed E-state index contributed by atoms with van der Waals surface area (Å²) in [6, 6.07) is 8.10. The summed E-state index contributed by atoms with van der Waals surface area (Å²) in [4.78, 5) is 4.36. The summed E-state index contributed by atoms with van der Waals surface area (Å²) in [7, 11) is 0. The Bertz CT molecular complexity index is 765. The number of nitrogens with one attached hydrogen (secondary N) is 2. The van der Waals surface area contributed by atoms with Crippen LogP contribution in [0.5, 0.6) is 0 Å². The van der Waals surface area contributed by atoms with Crippen LogP contribution in [0.15, 0.2) is 64.8 Å². The van der Waals surface area contributed by atoms with Gasteiger partial charge in [-0.1, -0.05) is 50.3 Å². The van der Waals surface area contributed by atoms with Gasteiger partial charge in [-0.15, -0.1) is 0 Å². The van der Waals surface area contributed by atoms with Gasteiger partial charge in [0.15, 0.2) is 5.58 Å². The molecular formula is C20H25N3O. The van der Waals surface area contributed by atoms with E-state index in [-0.39, 0.29) is 5.41 Å². The van der Waals surface area contributed by atoms with Crippen molar-refractivity contribution < 1.29 is 4.42 Å². The number of allylic oxidation sites excluding steroid dienone is 4. The molecule has 1 aromatic carbocycles. The molecule has 0 aliphatic heterocycles. The lowest BCUT2D eigenvalue weighted by Gasteiger charge is -2.36. The number of para-hydroxylation sites is 2. The third-order valence-corrected chi connectivity index (χ3v) is 4.70. The van der Waals surface area contributed by atoms with Crippen molar-refractivity contribution in [1.29, 1.82) is 0 Å². The smallest absolute Gasteiger partial charge is 0.314 e. The highest BCUT2D eigenvalue weighted by Gasteiger charge is 2.30. The number of hydrazine groups is 1. The molecule has 1 heterocycles. The van der Waals surface area contributed by atoms with Crippen molar-refractivity contribution in [2.24, 2.45) is 11.3 Å². The van der Waals surface area contributed by atoms with Crippen LogP contribution in [-0.2, 0) is 0 Å². The summed E-state index contributed by atoms with van der Waals surface area (Å²) >= 11 is 0. The van der Waals surface area contributed by atoms with E-state index in [0.29, 0.717) is 11.9 Å². The Morgan fingerprint density at radius 3 is 2.92 bits per heavy atom. The minimum Gasteiger partial charge on any atom is -0.422 e. The minimum atomic E-state index is 0.281.